The Labute approximate surface area is 238 Å². The van der Waals surface area contributed by atoms with Crippen molar-refractivity contribution in [1.29, 1.82) is 0 Å². The number of phenols is 1. The smallest absolute Gasteiger partial charge is 0.506 e. The molecule has 11 heteroatoms. The van der Waals surface area contributed by atoms with E-state index in [1.165, 1.54) is 12.1 Å². The zero-order valence-electron chi connectivity index (χ0n) is 21.8. The summed E-state index contributed by atoms with van der Waals surface area (Å²) in [5, 5.41) is 16.7. The minimum atomic E-state index is -4.83. The van der Waals surface area contributed by atoms with Crippen LogP contribution in [0.1, 0.15) is 19.4 Å². The van der Waals surface area contributed by atoms with Gasteiger partial charge in [0.05, 0.1) is 17.1 Å². The van der Waals surface area contributed by atoms with Crippen LogP contribution in [0.25, 0.3) is 11.1 Å². The fourth-order valence-electron chi connectivity index (χ4n) is 5.08. The van der Waals surface area contributed by atoms with Gasteiger partial charge in [-0.25, -0.2) is 9.18 Å². The molecule has 0 aliphatic carbocycles. The number of hydrogen-bond acceptors (Lipinski definition) is 4. The molecule has 0 aromatic heterocycles. The number of anilines is 4. The van der Waals surface area contributed by atoms with E-state index in [9.17, 15) is 23.1 Å². The first-order chi connectivity index (χ1) is 19.3. The molecule has 0 bridgehead atoms. The number of fused-ring (bicyclic) bond motifs is 1. The van der Waals surface area contributed by atoms with Crippen molar-refractivity contribution in [3.05, 3.63) is 95.3 Å². The number of benzene rings is 4. The standard InChI is InChI=1S/C30H24ClF4N3O3/c1-29(2)16-38(27-24(39)15-21(32)25(26(27)29)17-6-5-7-18(31)14-17)23-9-4-3-8-22(23)37-28(40)36-19-10-12-20(13-11-19)41-30(33,34)35/h3-15,39H,16H2,1-2H3,(H2,36,37,40). The molecule has 1 aliphatic heterocycles. The van der Waals surface area contributed by atoms with Crippen LogP contribution >= 0.6 is 11.6 Å². The molecule has 5 rings (SSSR count). The molecular weight excluding hydrogens is 562 g/mol. The Bertz CT molecular complexity index is 1620. The molecule has 3 N–H and O–H groups in total. The van der Waals surface area contributed by atoms with Crippen molar-refractivity contribution in [1.82, 2.24) is 0 Å². The summed E-state index contributed by atoms with van der Waals surface area (Å²) in [6.45, 7) is 4.23. The zero-order chi connectivity index (χ0) is 29.5. The molecule has 0 atom stereocenters. The molecule has 0 spiro atoms. The largest absolute Gasteiger partial charge is 0.573 e. The van der Waals surface area contributed by atoms with E-state index < -0.39 is 29.4 Å². The van der Waals surface area contributed by atoms with E-state index in [1.54, 1.807) is 48.5 Å². The second-order valence-corrected chi connectivity index (χ2v) is 10.6. The van der Waals surface area contributed by atoms with Gasteiger partial charge in [-0.3, -0.25) is 0 Å². The number of nitrogens with zero attached hydrogens (tertiary/aromatic N) is 1. The Hall–Kier alpha value is -4.44. The van der Waals surface area contributed by atoms with Gasteiger partial charge in [0.25, 0.3) is 0 Å². The molecule has 6 nitrogen and oxygen atoms in total. The molecule has 0 unspecified atom stereocenters. The first-order valence-electron chi connectivity index (χ1n) is 12.4. The van der Waals surface area contributed by atoms with Crippen LogP contribution in [0.2, 0.25) is 5.02 Å². The number of carbonyl (C=O) groups is 1. The van der Waals surface area contributed by atoms with Gasteiger partial charge in [-0.15, -0.1) is 13.2 Å². The summed E-state index contributed by atoms with van der Waals surface area (Å²) in [7, 11) is 0. The molecule has 1 heterocycles. The first-order valence-corrected chi connectivity index (χ1v) is 12.8. The maximum absolute atomic E-state index is 15.4. The Morgan fingerprint density at radius 1 is 1.00 bits per heavy atom. The fraction of sp³-hybridized carbons (Fsp3) is 0.167. The van der Waals surface area contributed by atoms with Crippen molar-refractivity contribution in [3.8, 4) is 22.6 Å². The highest BCUT2D eigenvalue weighted by Gasteiger charge is 2.42. The topological polar surface area (TPSA) is 73.8 Å². The van der Waals surface area contributed by atoms with E-state index in [2.05, 4.69) is 15.4 Å². The lowest BCUT2D eigenvalue weighted by molar-refractivity contribution is -0.274. The maximum atomic E-state index is 15.4. The number of hydrogen-bond donors (Lipinski definition) is 3. The Kier molecular flexibility index (Phi) is 7.21. The van der Waals surface area contributed by atoms with Crippen molar-refractivity contribution >= 4 is 40.4 Å². The summed E-state index contributed by atoms with van der Waals surface area (Å²) in [5.74, 6) is -1.26. The van der Waals surface area contributed by atoms with Crippen LogP contribution in [0.4, 0.5) is 45.1 Å². The Morgan fingerprint density at radius 2 is 1.71 bits per heavy atom. The lowest BCUT2D eigenvalue weighted by Gasteiger charge is -2.25. The van der Waals surface area contributed by atoms with Crippen LogP contribution < -0.4 is 20.3 Å². The van der Waals surface area contributed by atoms with Crippen LogP contribution in [0, 0.1) is 5.82 Å². The van der Waals surface area contributed by atoms with Crippen LogP contribution in [-0.2, 0) is 5.41 Å². The van der Waals surface area contributed by atoms with E-state index in [4.69, 9.17) is 11.6 Å². The van der Waals surface area contributed by atoms with Gasteiger partial charge in [-0.1, -0.05) is 49.7 Å². The Balaban J connectivity index is 1.47. The zero-order valence-corrected chi connectivity index (χ0v) is 22.6. The molecule has 0 saturated carbocycles. The van der Waals surface area contributed by atoms with Crippen molar-refractivity contribution in [2.75, 3.05) is 22.1 Å². The van der Waals surface area contributed by atoms with Gasteiger partial charge in [0.1, 0.15) is 17.3 Å². The summed E-state index contributed by atoms with van der Waals surface area (Å²) in [6.07, 6.45) is -4.83. The molecule has 2 amide bonds. The highest BCUT2D eigenvalue weighted by Crippen LogP contribution is 2.54. The third kappa shape index (κ3) is 5.88. The average Bonchev–Trinajstić information content (AvgIpc) is 3.16. The van der Waals surface area contributed by atoms with E-state index in [0.29, 0.717) is 45.3 Å². The van der Waals surface area contributed by atoms with Crippen LogP contribution in [-0.4, -0.2) is 24.0 Å². The molecule has 0 fully saturated rings. The van der Waals surface area contributed by atoms with E-state index in [0.717, 1.165) is 18.2 Å². The molecule has 1 aliphatic rings. The highest BCUT2D eigenvalue weighted by atomic mass is 35.5. The molecular formula is C30H24ClF4N3O3. The van der Waals surface area contributed by atoms with Crippen molar-refractivity contribution in [3.63, 3.8) is 0 Å². The number of amides is 2. The van der Waals surface area contributed by atoms with Crippen LogP contribution in [0.5, 0.6) is 11.5 Å². The molecule has 0 radical (unpaired) electrons. The summed E-state index contributed by atoms with van der Waals surface area (Å²) in [6, 6.07) is 18.9. The summed E-state index contributed by atoms with van der Waals surface area (Å²) in [5.41, 5.74) is 2.44. The molecule has 0 saturated heterocycles. The number of ether oxygens (including phenoxy) is 1. The fourth-order valence-corrected chi connectivity index (χ4v) is 5.27. The lowest BCUT2D eigenvalue weighted by Crippen LogP contribution is -2.27. The van der Waals surface area contributed by atoms with Gasteiger partial charge in [-0.05, 0) is 59.7 Å². The van der Waals surface area contributed by atoms with E-state index in [-0.39, 0.29) is 11.4 Å². The average molecular weight is 586 g/mol. The van der Waals surface area contributed by atoms with Gasteiger partial charge in [0, 0.05) is 34.3 Å². The number of halogens is 5. The van der Waals surface area contributed by atoms with Gasteiger partial charge >= 0.3 is 12.4 Å². The van der Waals surface area contributed by atoms with Crippen molar-refractivity contribution in [2.45, 2.75) is 25.6 Å². The third-order valence-electron chi connectivity index (χ3n) is 6.63. The van der Waals surface area contributed by atoms with Gasteiger partial charge in [0.2, 0.25) is 0 Å². The number of rotatable bonds is 5. The number of urea groups is 1. The molecule has 4 aromatic rings. The predicted octanol–water partition coefficient (Wildman–Crippen LogP) is 8.82. The van der Waals surface area contributed by atoms with Gasteiger partial charge < -0.3 is 25.4 Å². The third-order valence-corrected chi connectivity index (χ3v) is 6.87. The highest BCUT2D eigenvalue weighted by molar-refractivity contribution is 6.30. The second-order valence-electron chi connectivity index (χ2n) is 10.1. The number of phenolic OH excluding ortho intramolecular Hbond substituents is 1. The first kappa shape index (κ1) is 28.1. The van der Waals surface area contributed by atoms with Gasteiger partial charge in [-0.2, -0.15) is 0 Å². The quantitative estimate of drug-likeness (QED) is 0.205. The van der Waals surface area contributed by atoms with E-state index >= 15 is 4.39 Å². The maximum Gasteiger partial charge on any atom is 0.573 e. The minimum absolute atomic E-state index is 0.237. The summed E-state index contributed by atoms with van der Waals surface area (Å²) < 4.78 is 56.5. The summed E-state index contributed by atoms with van der Waals surface area (Å²) in [4.78, 5) is 14.7. The van der Waals surface area contributed by atoms with E-state index in [1.807, 2.05) is 18.7 Å². The monoisotopic (exact) mass is 585 g/mol. The second kappa shape index (κ2) is 10.5. The minimum Gasteiger partial charge on any atom is -0.506 e. The van der Waals surface area contributed by atoms with Crippen molar-refractivity contribution < 1.29 is 32.2 Å². The normalized spacial score (nSPS) is 14.0. The SMILES string of the molecule is CC1(C)CN(c2ccccc2NC(=O)Nc2ccc(OC(F)(F)F)cc2)c2c(O)cc(F)c(-c3cccc(Cl)c3)c21. The summed E-state index contributed by atoms with van der Waals surface area (Å²) >= 11 is 6.21. The van der Waals surface area contributed by atoms with Crippen molar-refractivity contribution in [2.24, 2.45) is 0 Å². The molecule has 212 valence electrons. The number of aromatic hydroxyl groups is 1. The Morgan fingerprint density at radius 3 is 2.39 bits per heavy atom. The van der Waals surface area contributed by atoms with Crippen LogP contribution in [0.3, 0.4) is 0 Å². The van der Waals surface area contributed by atoms with Crippen LogP contribution in [0.15, 0.2) is 78.9 Å². The number of nitrogens with one attached hydrogen (secondary N) is 2. The lowest BCUT2D eigenvalue weighted by atomic mass is 9.81. The molecule has 4 aromatic carbocycles. The number of para-hydroxylation sites is 2. The number of alkyl halides is 3. The van der Waals surface area contributed by atoms with Gasteiger partial charge in [0.15, 0.2) is 0 Å². The number of carbonyl (C=O) groups excluding carboxylic acids is 1. The molecule has 41 heavy (non-hydrogen) atoms. The predicted molar refractivity (Wildman–Crippen MR) is 151 cm³/mol.